The van der Waals surface area contributed by atoms with Crippen LogP contribution in [0.1, 0.15) is 22.4 Å². The van der Waals surface area contributed by atoms with Crippen LogP contribution < -0.4 is 17.0 Å². The number of aliphatic hydroxyl groups is 1. The van der Waals surface area contributed by atoms with Gasteiger partial charge in [0.15, 0.2) is 5.60 Å². The highest BCUT2D eigenvalue weighted by Gasteiger charge is 2.58. The first kappa shape index (κ1) is 29.9. The number of carbonyl (C=O) groups excluding carboxylic acids is 1. The number of halogens is 7. The Morgan fingerprint density at radius 1 is 1.02 bits per heavy atom. The fraction of sp³-hybridized carbons (Fsp3) is 0.160. The Labute approximate surface area is 222 Å². The van der Waals surface area contributed by atoms with E-state index in [2.05, 4.69) is 21.9 Å². The lowest BCUT2D eigenvalue weighted by molar-refractivity contribution is -0.203. The third kappa shape index (κ3) is 6.65. The average molecular weight is 568 g/mol. The van der Waals surface area contributed by atoms with Crippen LogP contribution in [-0.2, 0) is 16.3 Å². The Hall–Kier alpha value is -4.68. The number of anilines is 1. The van der Waals surface area contributed by atoms with Crippen LogP contribution in [0.15, 0.2) is 65.9 Å². The standard InChI is InChI=1S/C25H19F7N6O2/c26-17-6-9-19(20(27)11-17)23(40,13-38(34)14-36-33)24(28,29)21-10-5-16(12-35-21)2-1-15-3-7-18(8-4-15)37-22(39)25(30,31)32/h3-12,14,40H,13,33-34H2,(H,37,39)/b36-14-. The molecule has 6 N–H and O–H groups in total. The molecule has 0 saturated heterocycles. The van der Waals surface area contributed by atoms with Crippen molar-refractivity contribution in [2.24, 2.45) is 16.8 Å². The number of nitrogens with two attached hydrogens (primary N) is 2. The molecule has 0 spiro atoms. The van der Waals surface area contributed by atoms with Gasteiger partial charge in [0.2, 0.25) is 0 Å². The molecule has 8 nitrogen and oxygen atoms in total. The molecule has 0 bridgehead atoms. The summed E-state index contributed by atoms with van der Waals surface area (Å²) in [5.41, 5.74) is -5.04. The molecule has 0 aliphatic carbocycles. The van der Waals surface area contributed by atoms with Gasteiger partial charge in [-0.05, 0) is 48.5 Å². The number of hydrazine groups is 1. The van der Waals surface area contributed by atoms with Crippen LogP contribution in [0.3, 0.4) is 0 Å². The Morgan fingerprint density at radius 2 is 1.65 bits per heavy atom. The second-order valence-electron chi connectivity index (χ2n) is 8.21. The minimum absolute atomic E-state index is 0.125. The lowest BCUT2D eigenvalue weighted by Crippen LogP contribution is -2.53. The van der Waals surface area contributed by atoms with Crippen molar-refractivity contribution < 1.29 is 40.6 Å². The molecule has 3 rings (SSSR count). The van der Waals surface area contributed by atoms with E-state index in [4.69, 9.17) is 11.7 Å². The van der Waals surface area contributed by atoms with Crippen LogP contribution in [-0.4, -0.2) is 40.1 Å². The number of hydrogen-bond donors (Lipinski definition) is 4. The first-order valence-corrected chi connectivity index (χ1v) is 10.9. The van der Waals surface area contributed by atoms with E-state index in [1.54, 1.807) is 5.32 Å². The predicted molar refractivity (Wildman–Crippen MR) is 129 cm³/mol. The number of nitrogens with one attached hydrogen (secondary N) is 1. The number of hydrogen-bond acceptors (Lipinski definition) is 6. The van der Waals surface area contributed by atoms with Crippen molar-refractivity contribution >= 4 is 17.9 Å². The summed E-state index contributed by atoms with van der Waals surface area (Å²) in [6, 6.07) is 8.59. The zero-order chi connectivity index (χ0) is 29.7. The molecule has 2 aromatic carbocycles. The van der Waals surface area contributed by atoms with Crippen molar-refractivity contribution in [3.63, 3.8) is 0 Å². The Balaban J connectivity index is 1.87. The molecule has 0 radical (unpaired) electrons. The molecule has 1 heterocycles. The zero-order valence-electron chi connectivity index (χ0n) is 20.1. The number of pyridine rings is 1. The van der Waals surface area contributed by atoms with Gasteiger partial charge in [0.1, 0.15) is 23.7 Å². The summed E-state index contributed by atoms with van der Waals surface area (Å²) in [6.07, 6.45) is -3.41. The van der Waals surface area contributed by atoms with Crippen LogP contribution in [0.5, 0.6) is 0 Å². The molecule has 1 amide bonds. The van der Waals surface area contributed by atoms with Gasteiger partial charge in [-0.1, -0.05) is 11.8 Å². The van der Waals surface area contributed by atoms with E-state index in [9.17, 15) is 31.9 Å². The number of aromatic nitrogens is 1. The molecule has 0 aliphatic rings. The van der Waals surface area contributed by atoms with E-state index >= 15 is 8.78 Å². The van der Waals surface area contributed by atoms with E-state index in [-0.39, 0.29) is 11.3 Å². The number of nitrogens with zero attached hydrogens (tertiary/aromatic N) is 3. The Morgan fingerprint density at radius 3 is 2.20 bits per heavy atom. The van der Waals surface area contributed by atoms with Crippen molar-refractivity contribution in [1.82, 2.24) is 9.99 Å². The molecule has 0 aliphatic heterocycles. The summed E-state index contributed by atoms with van der Waals surface area (Å²) in [5.74, 6) is 6.77. The molecule has 210 valence electrons. The van der Waals surface area contributed by atoms with E-state index in [0.29, 0.717) is 35.1 Å². The predicted octanol–water partition coefficient (Wildman–Crippen LogP) is 3.32. The third-order valence-corrected chi connectivity index (χ3v) is 5.36. The maximum absolute atomic E-state index is 15.7. The molecule has 0 saturated carbocycles. The maximum atomic E-state index is 15.7. The number of alkyl halides is 5. The van der Waals surface area contributed by atoms with Gasteiger partial charge in [0.25, 0.3) is 0 Å². The molecule has 0 fully saturated rings. The first-order chi connectivity index (χ1) is 18.7. The van der Waals surface area contributed by atoms with Gasteiger partial charge in [-0.2, -0.15) is 27.1 Å². The SMILES string of the molecule is N/N=C\N(N)CC(O)(c1ccc(F)cc1F)C(F)(F)c1ccc(C#Cc2ccc(NC(=O)C(F)(F)F)cc2)cn1. The quantitative estimate of drug-likeness (QED) is 0.0865. The highest BCUT2D eigenvalue weighted by Crippen LogP contribution is 2.45. The van der Waals surface area contributed by atoms with Gasteiger partial charge in [0, 0.05) is 34.6 Å². The summed E-state index contributed by atoms with van der Waals surface area (Å²) in [7, 11) is 0. The van der Waals surface area contributed by atoms with Crippen molar-refractivity contribution in [3.8, 4) is 11.8 Å². The van der Waals surface area contributed by atoms with Gasteiger partial charge < -0.3 is 16.3 Å². The smallest absolute Gasteiger partial charge is 0.377 e. The largest absolute Gasteiger partial charge is 0.471 e. The van der Waals surface area contributed by atoms with Gasteiger partial charge >= 0.3 is 18.0 Å². The second-order valence-corrected chi connectivity index (χ2v) is 8.21. The molecule has 40 heavy (non-hydrogen) atoms. The van der Waals surface area contributed by atoms with Crippen molar-refractivity contribution in [3.05, 3.63) is 94.8 Å². The van der Waals surface area contributed by atoms with E-state index in [1.165, 1.54) is 24.3 Å². The first-order valence-electron chi connectivity index (χ1n) is 10.9. The minimum Gasteiger partial charge on any atom is -0.377 e. The average Bonchev–Trinajstić information content (AvgIpc) is 2.88. The number of benzene rings is 2. The van der Waals surface area contributed by atoms with Crippen LogP contribution >= 0.6 is 0 Å². The summed E-state index contributed by atoms with van der Waals surface area (Å²) < 4.78 is 96.4. The monoisotopic (exact) mass is 568 g/mol. The summed E-state index contributed by atoms with van der Waals surface area (Å²) in [5, 5.41) is 16.3. The van der Waals surface area contributed by atoms with Crippen LogP contribution in [0.2, 0.25) is 0 Å². The Kier molecular flexibility index (Phi) is 8.66. The number of carbonyl (C=O) groups is 1. The molecule has 1 aromatic heterocycles. The number of hydrazone groups is 1. The van der Waals surface area contributed by atoms with Gasteiger partial charge in [0.05, 0.1) is 6.54 Å². The molecule has 1 atom stereocenters. The van der Waals surface area contributed by atoms with Crippen LogP contribution in [0.25, 0.3) is 0 Å². The fourth-order valence-electron chi connectivity index (χ4n) is 3.42. The zero-order valence-corrected chi connectivity index (χ0v) is 20.1. The Bertz CT molecular complexity index is 1450. The van der Waals surface area contributed by atoms with E-state index in [1.807, 2.05) is 0 Å². The highest BCUT2D eigenvalue weighted by molar-refractivity contribution is 5.94. The topological polar surface area (TPSA) is 130 Å². The lowest BCUT2D eigenvalue weighted by Gasteiger charge is -2.37. The molecule has 3 aromatic rings. The third-order valence-electron chi connectivity index (χ3n) is 5.36. The van der Waals surface area contributed by atoms with Gasteiger partial charge in [-0.3, -0.25) is 14.8 Å². The van der Waals surface area contributed by atoms with Crippen molar-refractivity contribution in [2.45, 2.75) is 17.7 Å². The van der Waals surface area contributed by atoms with Crippen LogP contribution in [0, 0.1) is 23.5 Å². The normalized spacial score (nSPS) is 13.3. The van der Waals surface area contributed by atoms with Gasteiger partial charge in [-0.25, -0.2) is 14.6 Å². The summed E-state index contributed by atoms with van der Waals surface area (Å²) >= 11 is 0. The summed E-state index contributed by atoms with van der Waals surface area (Å²) in [4.78, 5) is 14.6. The van der Waals surface area contributed by atoms with Crippen molar-refractivity contribution in [2.75, 3.05) is 11.9 Å². The molecule has 1 unspecified atom stereocenters. The minimum atomic E-state index is -5.06. The number of amides is 1. The maximum Gasteiger partial charge on any atom is 0.471 e. The highest BCUT2D eigenvalue weighted by atomic mass is 19.4. The van der Waals surface area contributed by atoms with Crippen LogP contribution in [0.4, 0.5) is 36.4 Å². The van der Waals surface area contributed by atoms with E-state index < -0.39 is 53.0 Å². The molecular weight excluding hydrogens is 549 g/mol. The second kappa shape index (κ2) is 11.6. The lowest BCUT2D eigenvalue weighted by atomic mass is 9.84. The van der Waals surface area contributed by atoms with E-state index in [0.717, 1.165) is 18.3 Å². The van der Waals surface area contributed by atoms with Gasteiger partial charge in [-0.15, -0.1) is 0 Å². The fourth-order valence-corrected chi connectivity index (χ4v) is 3.42. The number of rotatable bonds is 7. The summed E-state index contributed by atoms with van der Waals surface area (Å²) in [6.45, 7) is -1.13. The molecule has 15 heteroatoms. The molecular formula is C25H19F7N6O2. The van der Waals surface area contributed by atoms with Crippen molar-refractivity contribution in [1.29, 1.82) is 0 Å².